The van der Waals surface area contributed by atoms with Gasteiger partial charge in [-0.25, -0.2) is 9.36 Å². The fourth-order valence-corrected chi connectivity index (χ4v) is 4.45. The Hall–Kier alpha value is -1.98. The van der Waals surface area contributed by atoms with E-state index in [4.69, 9.17) is 24.8 Å². The zero-order valence-corrected chi connectivity index (χ0v) is 21.7. The van der Waals surface area contributed by atoms with E-state index in [-0.39, 0.29) is 18.6 Å². The highest BCUT2D eigenvalue weighted by atomic mass is 31.2. The Morgan fingerprint density at radius 1 is 1.17 bits per heavy atom. The van der Waals surface area contributed by atoms with Gasteiger partial charge in [0.05, 0.1) is 30.9 Å². The van der Waals surface area contributed by atoms with E-state index in [1.54, 1.807) is 0 Å². The van der Waals surface area contributed by atoms with Gasteiger partial charge in [-0.1, -0.05) is 69.8 Å². The van der Waals surface area contributed by atoms with E-state index in [2.05, 4.69) is 26.5 Å². The topological polar surface area (TPSA) is 189 Å². The summed E-state index contributed by atoms with van der Waals surface area (Å²) < 4.78 is 27.9. The van der Waals surface area contributed by atoms with Crippen LogP contribution in [0.4, 0.5) is 0 Å². The SMILES string of the molecule is CCCCCCCCCCCCOCc1cn([C@H]2C[C@H](N=[N+]=[N-])[C@@H](COP(=O)(O)O)O2)c(=O)[nH]c1=O. The van der Waals surface area contributed by atoms with Crippen molar-refractivity contribution in [3.8, 4) is 0 Å². The number of unbranched alkanes of at least 4 members (excludes halogenated alkanes) is 9. The highest BCUT2D eigenvalue weighted by molar-refractivity contribution is 7.46. The Bertz CT molecular complexity index is 1000. The predicted octanol–water partition coefficient (Wildman–Crippen LogP) is 4.05. The van der Waals surface area contributed by atoms with Gasteiger partial charge in [-0.3, -0.25) is 18.9 Å². The van der Waals surface area contributed by atoms with Crippen LogP contribution in [0.25, 0.3) is 10.4 Å². The van der Waals surface area contributed by atoms with Crippen LogP contribution in [0.5, 0.6) is 0 Å². The van der Waals surface area contributed by atoms with Crippen molar-refractivity contribution in [2.24, 2.45) is 5.11 Å². The molecule has 1 aromatic rings. The number of nitrogens with zero attached hydrogens (tertiary/aromatic N) is 4. The number of azide groups is 1. The molecule has 1 aliphatic heterocycles. The average molecular weight is 532 g/mol. The van der Waals surface area contributed by atoms with Crippen molar-refractivity contribution in [3.05, 3.63) is 43.0 Å². The van der Waals surface area contributed by atoms with Crippen molar-refractivity contribution in [2.45, 2.75) is 103 Å². The lowest BCUT2D eigenvalue weighted by Gasteiger charge is -2.17. The van der Waals surface area contributed by atoms with Gasteiger partial charge in [0.1, 0.15) is 6.23 Å². The molecule has 0 amide bonds. The van der Waals surface area contributed by atoms with Crippen LogP contribution in [0, 0.1) is 0 Å². The summed E-state index contributed by atoms with van der Waals surface area (Å²) >= 11 is 0. The molecule has 3 N–H and O–H groups in total. The first-order chi connectivity index (χ1) is 17.2. The number of phosphoric acid groups is 1. The lowest BCUT2D eigenvalue weighted by Crippen LogP contribution is -2.34. The van der Waals surface area contributed by atoms with Gasteiger partial charge in [0.25, 0.3) is 5.56 Å². The van der Waals surface area contributed by atoms with Crippen molar-refractivity contribution in [1.82, 2.24) is 9.55 Å². The maximum Gasteiger partial charge on any atom is 0.469 e. The molecule has 0 unspecified atom stereocenters. The molecular weight excluding hydrogens is 493 g/mol. The van der Waals surface area contributed by atoms with Crippen LogP contribution in [0.3, 0.4) is 0 Å². The summed E-state index contributed by atoms with van der Waals surface area (Å²) in [6, 6.07) is -0.818. The summed E-state index contributed by atoms with van der Waals surface area (Å²) in [6.45, 7) is 2.20. The van der Waals surface area contributed by atoms with Gasteiger partial charge in [0.2, 0.25) is 0 Å². The van der Waals surface area contributed by atoms with E-state index in [9.17, 15) is 14.2 Å². The predicted molar refractivity (Wildman–Crippen MR) is 132 cm³/mol. The lowest BCUT2D eigenvalue weighted by molar-refractivity contribution is -0.0270. The fraction of sp³-hybridized carbons (Fsp3) is 0.818. The Morgan fingerprint density at radius 3 is 2.42 bits per heavy atom. The van der Waals surface area contributed by atoms with E-state index in [0.717, 1.165) is 23.8 Å². The Balaban J connectivity index is 1.82. The quantitative estimate of drug-likeness (QED) is 0.0831. The number of phosphoric ester groups is 1. The molecular formula is C22H38N5O8P. The van der Waals surface area contributed by atoms with Crippen LogP contribution in [0.2, 0.25) is 0 Å². The van der Waals surface area contributed by atoms with Crippen molar-refractivity contribution in [1.29, 1.82) is 0 Å². The number of hydrogen-bond donors (Lipinski definition) is 3. The second kappa shape index (κ2) is 16.0. The molecule has 204 valence electrons. The molecule has 0 aliphatic carbocycles. The number of rotatable bonds is 18. The summed E-state index contributed by atoms with van der Waals surface area (Å²) in [5.41, 5.74) is 7.73. The molecule has 2 heterocycles. The summed E-state index contributed by atoms with van der Waals surface area (Å²) in [4.78, 5) is 47.4. The Labute approximate surface area is 210 Å². The minimum atomic E-state index is -4.76. The highest BCUT2D eigenvalue weighted by Crippen LogP contribution is 2.38. The Morgan fingerprint density at radius 2 is 1.81 bits per heavy atom. The van der Waals surface area contributed by atoms with Crippen molar-refractivity contribution < 1.29 is 28.3 Å². The molecule has 0 spiro atoms. The molecule has 0 radical (unpaired) electrons. The van der Waals surface area contributed by atoms with Gasteiger partial charge in [-0.2, -0.15) is 0 Å². The number of aromatic amines is 1. The zero-order chi connectivity index (χ0) is 26.4. The molecule has 0 aromatic carbocycles. The van der Waals surface area contributed by atoms with Gasteiger partial charge < -0.3 is 19.3 Å². The molecule has 1 saturated heterocycles. The van der Waals surface area contributed by atoms with Crippen molar-refractivity contribution >= 4 is 7.82 Å². The van der Waals surface area contributed by atoms with Crippen molar-refractivity contribution in [2.75, 3.05) is 13.2 Å². The number of ether oxygens (including phenoxy) is 2. The number of hydrogen-bond acceptors (Lipinski definition) is 7. The van der Waals surface area contributed by atoms with Gasteiger partial charge >= 0.3 is 13.5 Å². The Kier molecular flexibility index (Phi) is 13.4. The molecule has 0 saturated carbocycles. The first-order valence-electron chi connectivity index (χ1n) is 12.6. The molecule has 36 heavy (non-hydrogen) atoms. The second-order valence-corrected chi connectivity index (χ2v) is 10.2. The van der Waals surface area contributed by atoms with Crippen LogP contribution in [0.1, 0.15) is 89.3 Å². The van der Waals surface area contributed by atoms with Gasteiger partial charge in [0.15, 0.2) is 0 Å². The maximum atomic E-state index is 12.4. The minimum Gasteiger partial charge on any atom is -0.377 e. The third kappa shape index (κ3) is 11.0. The number of H-pyrrole nitrogens is 1. The summed E-state index contributed by atoms with van der Waals surface area (Å²) in [5.74, 6) is 0. The summed E-state index contributed by atoms with van der Waals surface area (Å²) in [7, 11) is -4.76. The smallest absolute Gasteiger partial charge is 0.377 e. The third-order valence-electron chi connectivity index (χ3n) is 6.06. The molecule has 2 rings (SSSR count). The first kappa shape index (κ1) is 30.2. The van der Waals surface area contributed by atoms with Crippen molar-refractivity contribution in [3.63, 3.8) is 0 Å². The van der Waals surface area contributed by atoms with Crippen LogP contribution in [-0.4, -0.2) is 44.7 Å². The zero-order valence-electron chi connectivity index (χ0n) is 20.8. The van der Waals surface area contributed by atoms with E-state index in [1.165, 1.54) is 51.1 Å². The standard InChI is InChI=1S/C22H38N5O8P/c1-2-3-4-5-6-7-8-9-10-11-12-33-15-17-14-27(22(29)24-21(17)28)20-13-18(25-26-23)19(35-20)16-34-36(30,31)32/h14,18-20H,2-13,15-16H2,1H3,(H,24,28,29)(H2,30,31,32)/t18-,19+,20+/m0/s1. The highest BCUT2D eigenvalue weighted by Gasteiger charge is 2.37. The van der Waals surface area contributed by atoms with E-state index in [1.807, 2.05) is 0 Å². The fourth-order valence-electron chi connectivity index (χ4n) is 4.11. The van der Waals surface area contributed by atoms with Crippen LogP contribution < -0.4 is 11.2 Å². The van der Waals surface area contributed by atoms with Crippen LogP contribution in [-0.2, 0) is 25.2 Å². The van der Waals surface area contributed by atoms with Crippen LogP contribution in [0.15, 0.2) is 20.9 Å². The molecule has 14 heteroatoms. The van der Waals surface area contributed by atoms with Gasteiger partial charge in [-0.05, 0) is 12.0 Å². The maximum absolute atomic E-state index is 12.4. The normalized spacial score (nSPS) is 19.9. The largest absolute Gasteiger partial charge is 0.469 e. The molecule has 0 bridgehead atoms. The monoisotopic (exact) mass is 531 g/mol. The summed E-state index contributed by atoms with van der Waals surface area (Å²) in [5, 5.41) is 3.57. The van der Waals surface area contributed by atoms with E-state index in [0.29, 0.717) is 6.61 Å². The molecule has 13 nitrogen and oxygen atoms in total. The summed E-state index contributed by atoms with van der Waals surface area (Å²) in [6.07, 6.45) is 11.6. The van der Waals surface area contributed by atoms with E-state index >= 15 is 0 Å². The molecule has 1 fully saturated rings. The molecule has 1 aliphatic rings. The number of nitrogens with one attached hydrogen (secondary N) is 1. The molecule has 1 aromatic heterocycles. The van der Waals surface area contributed by atoms with E-state index < -0.39 is 44.1 Å². The van der Waals surface area contributed by atoms with Gasteiger partial charge in [-0.15, -0.1) is 0 Å². The third-order valence-corrected chi connectivity index (χ3v) is 6.55. The number of aromatic nitrogens is 2. The lowest BCUT2D eigenvalue weighted by atomic mass is 10.1. The average Bonchev–Trinajstić information content (AvgIpc) is 3.22. The van der Waals surface area contributed by atoms with Crippen LogP contribution >= 0.6 is 7.82 Å². The second-order valence-electron chi connectivity index (χ2n) is 8.98. The minimum absolute atomic E-state index is 0.0181. The van der Waals surface area contributed by atoms with Gasteiger partial charge in [0, 0.05) is 24.1 Å². The molecule has 3 atom stereocenters. The first-order valence-corrected chi connectivity index (χ1v) is 14.1.